The number of aromatic hydroxyl groups is 1. The number of hydrogen-bond acceptors (Lipinski definition) is 4. The molecule has 0 saturated heterocycles. The van der Waals surface area contributed by atoms with Crippen molar-refractivity contribution in [2.75, 3.05) is 6.54 Å². The van der Waals surface area contributed by atoms with Crippen LogP contribution in [-0.2, 0) is 19.4 Å². The number of rotatable bonds is 5. The van der Waals surface area contributed by atoms with Gasteiger partial charge in [-0.1, -0.05) is 13.0 Å². The molecule has 148 valence electrons. The van der Waals surface area contributed by atoms with Gasteiger partial charge in [0.1, 0.15) is 5.75 Å². The summed E-state index contributed by atoms with van der Waals surface area (Å²) in [5.41, 5.74) is 3.66. The van der Waals surface area contributed by atoms with E-state index in [9.17, 15) is 19.8 Å². The van der Waals surface area contributed by atoms with Gasteiger partial charge in [-0.15, -0.1) is 12.4 Å². The Hall–Kier alpha value is -2.77. The van der Waals surface area contributed by atoms with E-state index in [1.807, 2.05) is 12.1 Å². The highest BCUT2D eigenvalue weighted by Crippen LogP contribution is 2.39. The number of aryl methyl sites for hydroxylation is 1. The molecule has 0 unspecified atom stereocenters. The molecule has 2 aromatic heterocycles. The van der Waals surface area contributed by atoms with Crippen molar-refractivity contribution in [1.29, 1.82) is 0 Å². The van der Waals surface area contributed by atoms with Gasteiger partial charge in [0.25, 0.3) is 5.56 Å². The van der Waals surface area contributed by atoms with Crippen molar-refractivity contribution in [3.05, 3.63) is 50.9 Å². The number of aromatic nitrogens is 2. The van der Waals surface area contributed by atoms with Gasteiger partial charge in [0.05, 0.1) is 5.69 Å². The third-order valence-electron chi connectivity index (χ3n) is 5.11. The van der Waals surface area contributed by atoms with Crippen molar-refractivity contribution in [2.45, 2.75) is 32.7 Å². The lowest BCUT2D eigenvalue weighted by molar-refractivity contribution is 0.0691. The van der Waals surface area contributed by atoms with Crippen LogP contribution >= 0.6 is 12.4 Å². The van der Waals surface area contributed by atoms with Gasteiger partial charge in [-0.05, 0) is 43.5 Å². The minimum absolute atomic E-state index is 0. The molecule has 5 N–H and O–H groups in total. The van der Waals surface area contributed by atoms with Gasteiger partial charge in [0.15, 0.2) is 5.56 Å². The summed E-state index contributed by atoms with van der Waals surface area (Å²) in [6.07, 6.45) is 2.21. The molecule has 3 aromatic rings. The van der Waals surface area contributed by atoms with E-state index in [2.05, 4.69) is 28.3 Å². The minimum Gasteiger partial charge on any atom is -0.506 e. The fraction of sp³-hybridized carbons (Fsp3) is 0.300. The fourth-order valence-corrected chi connectivity index (χ4v) is 3.87. The maximum absolute atomic E-state index is 12.2. The van der Waals surface area contributed by atoms with Crippen LogP contribution in [0, 0.1) is 0 Å². The Balaban J connectivity index is 0.00000225. The number of carboxylic acids is 1. The van der Waals surface area contributed by atoms with Crippen molar-refractivity contribution in [2.24, 2.45) is 0 Å². The topological polar surface area (TPSA) is 118 Å². The lowest BCUT2D eigenvalue weighted by Gasteiger charge is -2.21. The van der Waals surface area contributed by atoms with Crippen LogP contribution in [0.4, 0.5) is 0 Å². The Morgan fingerprint density at radius 2 is 1.96 bits per heavy atom. The number of carbonyl (C=O) groups is 1. The van der Waals surface area contributed by atoms with E-state index in [0.717, 1.165) is 47.2 Å². The van der Waals surface area contributed by atoms with E-state index in [1.54, 1.807) is 0 Å². The number of aromatic carboxylic acids is 1. The van der Waals surface area contributed by atoms with Crippen molar-refractivity contribution in [1.82, 2.24) is 15.3 Å². The monoisotopic (exact) mass is 403 g/mol. The second kappa shape index (κ2) is 7.69. The highest BCUT2D eigenvalue weighted by molar-refractivity contribution is 5.95. The molecule has 0 radical (unpaired) electrons. The predicted molar refractivity (Wildman–Crippen MR) is 110 cm³/mol. The fourth-order valence-electron chi connectivity index (χ4n) is 3.87. The first kappa shape index (κ1) is 20.0. The highest BCUT2D eigenvalue weighted by atomic mass is 35.5. The van der Waals surface area contributed by atoms with Gasteiger partial charge in [0.2, 0.25) is 0 Å². The SMILES string of the molecule is CCCNCc1cc2c3c(ccc2[nH]1)-c1[nH]c(=O)c(C(=O)O)c(O)c1CC3.Cl. The first-order valence-electron chi connectivity index (χ1n) is 9.07. The number of H-pyrrole nitrogens is 2. The van der Waals surface area contributed by atoms with Gasteiger partial charge >= 0.3 is 5.97 Å². The molecule has 1 aliphatic carbocycles. The van der Waals surface area contributed by atoms with Crippen molar-refractivity contribution < 1.29 is 15.0 Å². The van der Waals surface area contributed by atoms with Gasteiger partial charge < -0.3 is 25.5 Å². The molecule has 0 saturated carbocycles. The summed E-state index contributed by atoms with van der Waals surface area (Å²) in [5, 5.41) is 24.0. The number of benzene rings is 1. The summed E-state index contributed by atoms with van der Waals surface area (Å²) in [5.74, 6) is -1.85. The van der Waals surface area contributed by atoms with Crippen LogP contribution in [0.2, 0.25) is 0 Å². The number of hydrogen-bond donors (Lipinski definition) is 5. The van der Waals surface area contributed by atoms with Crippen LogP contribution in [0.15, 0.2) is 23.0 Å². The van der Waals surface area contributed by atoms with E-state index in [4.69, 9.17) is 0 Å². The van der Waals surface area contributed by atoms with Crippen LogP contribution in [0.25, 0.3) is 22.2 Å². The van der Waals surface area contributed by atoms with E-state index >= 15 is 0 Å². The number of carboxylic acid groups (broad SMARTS) is 1. The number of halogens is 1. The molecule has 0 atom stereocenters. The molecule has 1 aliphatic rings. The van der Waals surface area contributed by atoms with Gasteiger partial charge in [-0.2, -0.15) is 0 Å². The average Bonchev–Trinajstić information content (AvgIpc) is 3.04. The Bertz CT molecular complexity index is 1120. The smallest absolute Gasteiger partial charge is 0.345 e. The van der Waals surface area contributed by atoms with Crippen LogP contribution in [0.5, 0.6) is 5.75 Å². The van der Waals surface area contributed by atoms with Crippen LogP contribution in [-0.4, -0.2) is 32.7 Å². The molecule has 0 amide bonds. The van der Waals surface area contributed by atoms with E-state index in [1.165, 1.54) is 0 Å². The third kappa shape index (κ3) is 3.16. The number of fused-ring (bicyclic) bond motifs is 5. The zero-order valence-electron chi connectivity index (χ0n) is 15.4. The molecular formula is C20H22ClN3O4. The van der Waals surface area contributed by atoms with Gasteiger partial charge in [-0.3, -0.25) is 4.79 Å². The van der Waals surface area contributed by atoms with Crippen LogP contribution in [0.3, 0.4) is 0 Å². The molecule has 0 aliphatic heterocycles. The molecule has 28 heavy (non-hydrogen) atoms. The molecular weight excluding hydrogens is 382 g/mol. The van der Waals surface area contributed by atoms with E-state index < -0.39 is 22.8 Å². The lowest BCUT2D eigenvalue weighted by atomic mass is 9.86. The standard InChI is InChI=1S/C20H21N3O4.ClH/c1-2-7-21-9-10-8-14-11-3-4-13-17(12(11)5-6-15(14)22-10)23-19(25)16(18(13)24)20(26)27;/h5-6,8,21-22H,2-4,7,9H2,1H3,(H,26,27)(H2,23,24,25);1H. The highest BCUT2D eigenvalue weighted by Gasteiger charge is 2.27. The number of pyridine rings is 1. The Kier molecular flexibility index (Phi) is 5.49. The summed E-state index contributed by atoms with van der Waals surface area (Å²) in [4.78, 5) is 29.5. The lowest BCUT2D eigenvalue weighted by Crippen LogP contribution is -2.22. The summed E-state index contributed by atoms with van der Waals surface area (Å²) >= 11 is 0. The van der Waals surface area contributed by atoms with Crippen LogP contribution < -0.4 is 10.9 Å². The Labute approximate surface area is 167 Å². The molecule has 4 rings (SSSR count). The molecule has 1 aromatic carbocycles. The number of nitrogens with one attached hydrogen (secondary N) is 3. The number of aromatic amines is 2. The van der Waals surface area contributed by atoms with Gasteiger partial charge in [-0.25, -0.2) is 4.79 Å². The average molecular weight is 404 g/mol. The Morgan fingerprint density at radius 1 is 1.21 bits per heavy atom. The first-order valence-corrected chi connectivity index (χ1v) is 9.07. The largest absolute Gasteiger partial charge is 0.506 e. The summed E-state index contributed by atoms with van der Waals surface area (Å²) < 4.78 is 0. The predicted octanol–water partition coefficient (Wildman–Crippen LogP) is 2.95. The minimum atomic E-state index is -1.42. The van der Waals surface area contributed by atoms with Crippen molar-refractivity contribution in [3.8, 4) is 17.0 Å². The maximum atomic E-state index is 12.2. The quantitative estimate of drug-likeness (QED) is 0.420. The Morgan fingerprint density at radius 3 is 2.68 bits per heavy atom. The van der Waals surface area contributed by atoms with E-state index in [-0.39, 0.29) is 12.4 Å². The van der Waals surface area contributed by atoms with Crippen molar-refractivity contribution >= 4 is 29.3 Å². The second-order valence-corrected chi connectivity index (χ2v) is 6.86. The molecule has 0 spiro atoms. The first-order chi connectivity index (χ1) is 13.0. The second-order valence-electron chi connectivity index (χ2n) is 6.86. The van der Waals surface area contributed by atoms with Crippen LogP contribution in [0.1, 0.15) is 40.5 Å². The third-order valence-corrected chi connectivity index (χ3v) is 5.11. The molecule has 7 nitrogen and oxygen atoms in total. The zero-order valence-corrected chi connectivity index (χ0v) is 16.2. The van der Waals surface area contributed by atoms with Gasteiger partial charge in [0, 0.05) is 34.3 Å². The van der Waals surface area contributed by atoms with Crippen molar-refractivity contribution in [3.63, 3.8) is 0 Å². The zero-order chi connectivity index (χ0) is 19.1. The summed E-state index contributed by atoms with van der Waals surface area (Å²) in [7, 11) is 0. The summed E-state index contributed by atoms with van der Waals surface area (Å²) in [6, 6.07) is 5.98. The maximum Gasteiger partial charge on any atom is 0.345 e. The molecule has 2 heterocycles. The molecule has 8 heteroatoms. The molecule has 0 bridgehead atoms. The van der Waals surface area contributed by atoms with E-state index in [0.29, 0.717) is 24.1 Å². The molecule has 0 fully saturated rings. The summed E-state index contributed by atoms with van der Waals surface area (Å²) in [6.45, 7) is 3.83. The normalized spacial score (nSPS) is 12.3.